The normalized spacial score (nSPS) is 17.8. The Morgan fingerprint density at radius 3 is 2.46 bits per heavy atom. The number of carbonyl (C=O) groups is 2. The standard InChI is InChI=1S/C18H26N4O4.2ClH/c23-17(24)13-26-16-3-1-2-14(12-16)20-18(25)22-10-8-21(9-11-22)15-4-6-19-7-5-15;;/h1-3,12,15,19H,4-11,13H2,(H,20,25)(H,23,24);2*1H. The Balaban J connectivity index is 0.00000196. The van der Waals surface area contributed by atoms with E-state index in [1.54, 1.807) is 24.3 Å². The summed E-state index contributed by atoms with van der Waals surface area (Å²) >= 11 is 0. The molecule has 2 aliphatic heterocycles. The molecule has 158 valence electrons. The van der Waals surface area contributed by atoms with Gasteiger partial charge in [-0.05, 0) is 38.1 Å². The van der Waals surface area contributed by atoms with E-state index in [1.807, 2.05) is 4.90 Å². The number of halogens is 2. The van der Waals surface area contributed by atoms with Gasteiger partial charge in [-0.25, -0.2) is 9.59 Å². The number of benzene rings is 1. The molecule has 10 heteroatoms. The molecule has 2 heterocycles. The molecule has 0 aromatic heterocycles. The van der Waals surface area contributed by atoms with Crippen molar-refractivity contribution in [1.82, 2.24) is 15.1 Å². The zero-order valence-electron chi connectivity index (χ0n) is 15.6. The molecule has 0 unspecified atom stereocenters. The zero-order valence-corrected chi connectivity index (χ0v) is 17.3. The van der Waals surface area contributed by atoms with Crippen LogP contribution in [0.5, 0.6) is 5.75 Å². The van der Waals surface area contributed by atoms with Crippen molar-refractivity contribution in [3.05, 3.63) is 24.3 Å². The number of carboxylic acids is 1. The van der Waals surface area contributed by atoms with Crippen LogP contribution in [0.15, 0.2) is 24.3 Å². The first-order valence-electron chi connectivity index (χ1n) is 9.07. The minimum Gasteiger partial charge on any atom is -0.482 e. The van der Waals surface area contributed by atoms with E-state index in [0.29, 0.717) is 30.6 Å². The van der Waals surface area contributed by atoms with Crippen LogP contribution in [0.4, 0.5) is 10.5 Å². The van der Waals surface area contributed by atoms with Gasteiger partial charge in [0.2, 0.25) is 0 Å². The van der Waals surface area contributed by atoms with Gasteiger partial charge in [0.25, 0.3) is 0 Å². The second-order valence-electron chi connectivity index (χ2n) is 6.64. The number of carboxylic acid groups (broad SMARTS) is 1. The molecule has 0 aliphatic carbocycles. The molecule has 1 aromatic carbocycles. The maximum Gasteiger partial charge on any atom is 0.341 e. The second kappa shape index (κ2) is 12.0. The highest BCUT2D eigenvalue weighted by atomic mass is 35.5. The average Bonchev–Trinajstić information content (AvgIpc) is 2.67. The summed E-state index contributed by atoms with van der Waals surface area (Å²) in [5.74, 6) is -0.619. The maximum absolute atomic E-state index is 12.5. The first-order valence-corrected chi connectivity index (χ1v) is 9.07. The molecule has 0 spiro atoms. The number of amides is 2. The fraction of sp³-hybridized carbons (Fsp3) is 0.556. The van der Waals surface area contributed by atoms with Gasteiger partial charge in [-0.3, -0.25) is 4.90 Å². The van der Waals surface area contributed by atoms with E-state index < -0.39 is 12.6 Å². The number of hydrogen-bond donors (Lipinski definition) is 3. The predicted octanol–water partition coefficient (Wildman–Crippen LogP) is 1.90. The van der Waals surface area contributed by atoms with Crippen molar-refractivity contribution >= 4 is 42.5 Å². The van der Waals surface area contributed by atoms with E-state index in [-0.39, 0.29) is 30.8 Å². The molecule has 2 amide bonds. The Morgan fingerprint density at radius 2 is 1.82 bits per heavy atom. The van der Waals surface area contributed by atoms with Crippen molar-refractivity contribution in [2.24, 2.45) is 0 Å². The van der Waals surface area contributed by atoms with Crippen LogP contribution < -0.4 is 15.4 Å². The third-order valence-electron chi connectivity index (χ3n) is 4.87. The van der Waals surface area contributed by atoms with Crippen LogP contribution in [0.3, 0.4) is 0 Å². The van der Waals surface area contributed by atoms with Crippen molar-refractivity contribution in [2.75, 3.05) is 51.2 Å². The lowest BCUT2D eigenvalue weighted by Gasteiger charge is -2.40. The summed E-state index contributed by atoms with van der Waals surface area (Å²) in [5, 5.41) is 14.9. The van der Waals surface area contributed by atoms with Gasteiger partial charge in [-0.15, -0.1) is 24.8 Å². The quantitative estimate of drug-likeness (QED) is 0.654. The predicted molar refractivity (Wildman–Crippen MR) is 112 cm³/mol. The molecule has 8 nitrogen and oxygen atoms in total. The van der Waals surface area contributed by atoms with E-state index in [2.05, 4.69) is 15.5 Å². The number of hydrogen-bond acceptors (Lipinski definition) is 5. The number of nitrogens with zero attached hydrogens (tertiary/aromatic N) is 2. The minimum atomic E-state index is -1.04. The van der Waals surface area contributed by atoms with Gasteiger partial charge in [0.1, 0.15) is 5.75 Å². The van der Waals surface area contributed by atoms with Gasteiger partial charge in [0.05, 0.1) is 0 Å². The molecule has 2 saturated heterocycles. The summed E-state index contributed by atoms with van der Waals surface area (Å²) in [5.41, 5.74) is 0.596. The molecule has 0 radical (unpaired) electrons. The highest BCUT2D eigenvalue weighted by Gasteiger charge is 2.26. The van der Waals surface area contributed by atoms with E-state index in [0.717, 1.165) is 26.2 Å². The summed E-state index contributed by atoms with van der Waals surface area (Å²) in [4.78, 5) is 27.4. The van der Waals surface area contributed by atoms with Crippen LogP contribution in [0.2, 0.25) is 0 Å². The minimum absolute atomic E-state index is 0. The van der Waals surface area contributed by atoms with Crippen LogP contribution in [0.1, 0.15) is 12.8 Å². The Labute approximate surface area is 177 Å². The van der Waals surface area contributed by atoms with E-state index in [1.165, 1.54) is 12.8 Å². The number of nitrogens with one attached hydrogen (secondary N) is 2. The first kappa shape index (κ1) is 24.3. The molecule has 3 N–H and O–H groups in total. The lowest BCUT2D eigenvalue weighted by Crippen LogP contribution is -2.54. The molecule has 0 bridgehead atoms. The zero-order chi connectivity index (χ0) is 18.4. The summed E-state index contributed by atoms with van der Waals surface area (Å²) in [6, 6.07) is 7.27. The number of aliphatic carboxylic acids is 1. The molecule has 0 atom stereocenters. The monoisotopic (exact) mass is 434 g/mol. The highest BCUT2D eigenvalue weighted by molar-refractivity contribution is 5.89. The van der Waals surface area contributed by atoms with Gasteiger partial charge in [0.15, 0.2) is 6.61 Å². The van der Waals surface area contributed by atoms with Gasteiger partial charge in [-0.2, -0.15) is 0 Å². The Hall–Kier alpha value is -1.74. The van der Waals surface area contributed by atoms with Gasteiger partial charge in [0, 0.05) is 44.0 Å². The Bertz CT molecular complexity index is 636. The molecule has 2 aliphatic rings. The number of anilines is 1. The van der Waals surface area contributed by atoms with E-state index >= 15 is 0 Å². The summed E-state index contributed by atoms with van der Waals surface area (Å²) in [7, 11) is 0. The van der Waals surface area contributed by atoms with Crippen LogP contribution >= 0.6 is 24.8 Å². The van der Waals surface area contributed by atoms with Crippen LogP contribution in [0, 0.1) is 0 Å². The van der Waals surface area contributed by atoms with Crippen molar-refractivity contribution in [3.8, 4) is 5.75 Å². The van der Waals surface area contributed by atoms with Gasteiger partial charge in [-0.1, -0.05) is 6.07 Å². The molecule has 3 rings (SSSR count). The number of urea groups is 1. The molecular weight excluding hydrogens is 407 g/mol. The number of rotatable bonds is 5. The molecular formula is C18H28Cl2N4O4. The summed E-state index contributed by atoms with van der Waals surface area (Å²) in [6.45, 7) is 4.98. The van der Waals surface area contributed by atoms with Crippen molar-refractivity contribution < 1.29 is 19.4 Å². The van der Waals surface area contributed by atoms with Gasteiger partial charge < -0.3 is 25.4 Å². The average molecular weight is 435 g/mol. The summed E-state index contributed by atoms with van der Waals surface area (Å²) in [6.07, 6.45) is 2.35. The SMILES string of the molecule is Cl.Cl.O=C(O)COc1cccc(NC(=O)N2CCN(C3CCNCC3)CC2)c1. The third-order valence-corrected chi connectivity index (χ3v) is 4.87. The van der Waals surface area contributed by atoms with E-state index in [9.17, 15) is 9.59 Å². The van der Waals surface area contributed by atoms with Crippen molar-refractivity contribution in [2.45, 2.75) is 18.9 Å². The number of ether oxygens (including phenoxy) is 1. The second-order valence-corrected chi connectivity index (χ2v) is 6.64. The van der Waals surface area contributed by atoms with Crippen molar-refractivity contribution in [1.29, 1.82) is 0 Å². The number of piperidine rings is 1. The topological polar surface area (TPSA) is 94.1 Å². The van der Waals surface area contributed by atoms with Crippen molar-refractivity contribution in [3.63, 3.8) is 0 Å². The van der Waals surface area contributed by atoms with Gasteiger partial charge >= 0.3 is 12.0 Å². The maximum atomic E-state index is 12.5. The fourth-order valence-electron chi connectivity index (χ4n) is 3.47. The third kappa shape index (κ3) is 7.01. The lowest BCUT2D eigenvalue weighted by atomic mass is 10.0. The van der Waals surface area contributed by atoms with Crippen LogP contribution in [-0.4, -0.2) is 78.8 Å². The molecule has 2 fully saturated rings. The molecule has 28 heavy (non-hydrogen) atoms. The lowest BCUT2D eigenvalue weighted by molar-refractivity contribution is -0.139. The summed E-state index contributed by atoms with van der Waals surface area (Å²) < 4.78 is 5.14. The first-order chi connectivity index (χ1) is 12.6. The number of carbonyl (C=O) groups excluding carboxylic acids is 1. The van der Waals surface area contributed by atoms with Crippen LogP contribution in [0.25, 0.3) is 0 Å². The Kier molecular flexibility index (Phi) is 10.4. The number of piperazine rings is 1. The largest absolute Gasteiger partial charge is 0.482 e. The molecule has 0 saturated carbocycles. The Morgan fingerprint density at radius 1 is 1.14 bits per heavy atom. The molecule has 1 aromatic rings. The fourth-order valence-corrected chi connectivity index (χ4v) is 3.47. The smallest absolute Gasteiger partial charge is 0.341 e. The van der Waals surface area contributed by atoms with E-state index in [4.69, 9.17) is 9.84 Å². The highest BCUT2D eigenvalue weighted by Crippen LogP contribution is 2.19. The van der Waals surface area contributed by atoms with Crippen LogP contribution in [-0.2, 0) is 4.79 Å².